The monoisotopic (exact) mass is 354 g/mol. The number of carbonyl (C=O) groups excluding carboxylic acids is 2. The van der Waals surface area contributed by atoms with Crippen LogP contribution in [-0.2, 0) is 16.1 Å². The molecule has 0 saturated heterocycles. The van der Waals surface area contributed by atoms with Crippen LogP contribution < -0.4 is 20.1 Å². The quantitative estimate of drug-likeness (QED) is 0.750. The van der Waals surface area contributed by atoms with Gasteiger partial charge in [-0.2, -0.15) is 0 Å². The molecule has 0 heterocycles. The topological polar surface area (TPSA) is 76.7 Å². The molecule has 1 saturated carbocycles. The summed E-state index contributed by atoms with van der Waals surface area (Å²) in [6, 6.07) is 14.5. The van der Waals surface area contributed by atoms with Gasteiger partial charge in [0, 0.05) is 17.8 Å². The SMILES string of the molecule is COc1ccc(NC(=O)C2(C(=O)NCc3ccccc3OC)CC2)cc1. The first kappa shape index (κ1) is 17.8. The number of ether oxygens (including phenoxy) is 2. The van der Waals surface area contributed by atoms with Crippen LogP contribution in [0.25, 0.3) is 0 Å². The number of carbonyl (C=O) groups is 2. The van der Waals surface area contributed by atoms with E-state index >= 15 is 0 Å². The third-order valence-corrected chi connectivity index (χ3v) is 4.60. The van der Waals surface area contributed by atoms with Crippen molar-refractivity contribution >= 4 is 17.5 Å². The van der Waals surface area contributed by atoms with Crippen molar-refractivity contribution < 1.29 is 19.1 Å². The van der Waals surface area contributed by atoms with Crippen LogP contribution >= 0.6 is 0 Å². The lowest BCUT2D eigenvalue weighted by atomic mass is 10.0. The van der Waals surface area contributed by atoms with Gasteiger partial charge < -0.3 is 20.1 Å². The fraction of sp³-hybridized carbons (Fsp3) is 0.300. The Labute approximate surface area is 152 Å². The third kappa shape index (κ3) is 3.64. The van der Waals surface area contributed by atoms with E-state index < -0.39 is 5.41 Å². The summed E-state index contributed by atoms with van der Waals surface area (Å²) >= 11 is 0. The van der Waals surface area contributed by atoms with Gasteiger partial charge in [-0.05, 0) is 43.2 Å². The molecule has 2 aromatic carbocycles. The molecule has 0 bridgehead atoms. The average molecular weight is 354 g/mol. The van der Waals surface area contributed by atoms with Crippen LogP contribution in [0.3, 0.4) is 0 Å². The number of methoxy groups -OCH3 is 2. The maximum absolute atomic E-state index is 12.6. The van der Waals surface area contributed by atoms with E-state index in [1.807, 2.05) is 24.3 Å². The highest BCUT2D eigenvalue weighted by atomic mass is 16.5. The summed E-state index contributed by atoms with van der Waals surface area (Å²) < 4.78 is 10.4. The molecule has 1 fully saturated rings. The van der Waals surface area contributed by atoms with E-state index in [2.05, 4.69) is 10.6 Å². The van der Waals surface area contributed by atoms with Gasteiger partial charge >= 0.3 is 0 Å². The van der Waals surface area contributed by atoms with Gasteiger partial charge in [0.15, 0.2) is 0 Å². The van der Waals surface area contributed by atoms with Crippen LogP contribution in [-0.4, -0.2) is 26.0 Å². The molecule has 2 N–H and O–H groups in total. The van der Waals surface area contributed by atoms with Crippen molar-refractivity contribution in [2.45, 2.75) is 19.4 Å². The molecule has 0 aromatic heterocycles. The highest BCUT2D eigenvalue weighted by Crippen LogP contribution is 2.47. The van der Waals surface area contributed by atoms with Gasteiger partial charge in [0.25, 0.3) is 0 Å². The number of anilines is 1. The predicted octanol–water partition coefficient (Wildman–Crippen LogP) is 2.74. The van der Waals surface area contributed by atoms with Crippen LogP contribution in [0.4, 0.5) is 5.69 Å². The maximum atomic E-state index is 12.6. The van der Waals surface area contributed by atoms with E-state index in [4.69, 9.17) is 9.47 Å². The van der Waals surface area contributed by atoms with Crippen LogP contribution in [0.5, 0.6) is 11.5 Å². The molecule has 6 nitrogen and oxygen atoms in total. The summed E-state index contributed by atoms with van der Waals surface area (Å²) in [7, 11) is 3.17. The summed E-state index contributed by atoms with van der Waals surface area (Å²) in [6.45, 7) is 0.320. The van der Waals surface area contributed by atoms with Crippen LogP contribution in [0.1, 0.15) is 18.4 Å². The fourth-order valence-corrected chi connectivity index (χ4v) is 2.80. The van der Waals surface area contributed by atoms with Crippen molar-refractivity contribution in [3.05, 3.63) is 54.1 Å². The van der Waals surface area contributed by atoms with Gasteiger partial charge in [0.2, 0.25) is 11.8 Å². The summed E-state index contributed by atoms with van der Waals surface area (Å²) in [5.41, 5.74) is 0.524. The standard InChI is InChI=1S/C20H22N2O4/c1-25-16-9-7-15(8-10-16)22-19(24)20(11-12-20)18(23)21-13-14-5-3-4-6-17(14)26-2/h3-10H,11-13H2,1-2H3,(H,21,23)(H,22,24). The van der Waals surface area contributed by atoms with E-state index in [0.29, 0.717) is 36.6 Å². The van der Waals surface area contributed by atoms with E-state index in [1.165, 1.54) is 0 Å². The van der Waals surface area contributed by atoms with E-state index in [0.717, 1.165) is 5.56 Å². The van der Waals surface area contributed by atoms with Gasteiger partial charge in [0.05, 0.1) is 14.2 Å². The highest BCUT2D eigenvalue weighted by molar-refractivity contribution is 6.13. The summed E-state index contributed by atoms with van der Waals surface area (Å²) in [5, 5.41) is 5.68. The van der Waals surface area contributed by atoms with Crippen molar-refractivity contribution in [3.63, 3.8) is 0 Å². The minimum Gasteiger partial charge on any atom is -0.497 e. The second-order valence-electron chi connectivity index (χ2n) is 6.26. The minimum absolute atomic E-state index is 0.255. The van der Waals surface area contributed by atoms with E-state index in [9.17, 15) is 9.59 Å². The first-order valence-corrected chi connectivity index (χ1v) is 8.45. The number of amides is 2. The number of hydrogen-bond donors (Lipinski definition) is 2. The second kappa shape index (κ2) is 7.47. The molecule has 1 aliphatic rings. The number of rotatable bonds is 7. The molecular formula is C20H22N2O4. The smallest absolute Gasteiger partial charge is 0.240 e. The molecule has 1 aliphatic carbocycles. The Hall–Kier alpha value is -3.02. The Morgan fingerprint density at radius 2 is 1.65 bits per heavy atom. The molecule has 0 aliphatic heterocycles. The Morgan fingerprint density at radius 3 is 2.27 bits per heavy atom. The normalized spacial score (nSPS) is 14.2. The molecular weight excluding hydrogens is 332 g/mol. The number of para-hydroxylation sites is 1. The fourth-order valence-electron chi connectivity index (χ4n) is 2.80. The van der Waals surface area contributed by atoms with Gasteiger partial charge in [0.1, 0.15) is 16.9 Å². The molecule has 0 radical (unpaired) electrons. The number of hydrogen-bond acceptors (Lipinski definition) is 4. The molecule has 0 spiro atoms. The van der Waals surface area contributed by atoms with Crippen molar-refractivity contribution in [2.24, 2.45) is 5.41 Å². The molecule has 2 aromatic rings. The van der Waals surface area contributed by atoms with Gasteiger partial charge in [-0.15, -0.1) is 0 Å². The zero-order valence-electron chi connectivity index (χ0n) is 14.9. The van der Waals surface area contributed by atoms with Crippen molar-refractivity contribution in [3.8, 4) is 11.5 Å². The summed E-state index contributed by atoms with van der Waals surface area (Å²) in [4.78, 5) is 25.2. The average Bonchev–Trinajstić information content (AvgIpc) is 3.49. The third-order valence-electron chi connectivity index (χ3n) is 4.60. The largest absolute Gasteiger partial charge is 0.497 e. The molecule has 136 valence electrons. The van der Waals surface area contributed by atoms with Crippen molar-refractivity contribution in [1.82, 2.24) is 5.32 Å². The molecule has 6 heteroatoms. The van der Waals surface area contributed by atoms with Crippen LogP contribution in [0.15, 0.2) is 48.5 Å². The first-order valence-electron chi connectivity index (χ1n) is 8.45. The van der Waals surface area contributed by atoms with Gasteiger partial charge in [-0.3, -0.25) is 9.59 Å². The van der Waals surface area contributed by atoms with Crippen molar-refractivity contribution in [1.29, 1.82) is 0 Å². The van der Waals surface area contributed by atoms with Crippen molar-refractivity contribution in [2.75, 3.05) is 19.5 Å². The van der Waals surface area contributed by atoms with Gasteiger partial charge in [-0.25, -0.2) is 0 Å². The Balaban J connectivity index is 1.61. The van der Waals surface area contributed by atoms with Crippen LogP contribution in [0, 0.1) is 5.41 Å². The number of nitrogens with one attached hydrogen (secondary N) is 2. The molecule has 0 atom stereocenters. The highest BCUT2D eigenvalue weighted by Gasteiger charge is 2.56. The summed E-state index contributed by atoms with van der Waals surface area (Å²) in [5.74, 6) is 0.883. The zero-order valence-corrected chi connectivity index (χ0v) is 14.9. The number of benzene rings is 2. The van der Waals surface area contributed by atoms with Crippen LogP contribution in [0.2, 0.25) is 0 Å². The lowest BCUT2D eigenvalue weighted by molar-refractivity contribution is -0.134. The molecule has 26 heavy (non-hydrogen) atoms. The summed E-state index contributed by atoms with van der Waals surface area (Å²) in [6.07, 6.45) is 1.10. The van der Waals surface area contributed by atoms with E-state index in [-0.39, 0.29) is 11.8 Å². The lowest BCUT2D eigenvalue weighted by Crippen LogP contribution is -2.39. The lowest BCUT2D eigenvalue weighted by Gasteiger charge is -2.16. The van der Waals surface area contributed by atoms with E-state index in [1.54, 1.807) is 38.5 Å². The Kier molecular flexibility index (Phi) is 5.11. The predicted molar refractivity (Wildman–Crippen MR) is 98.1 cm³/mol. The second-order valence-corrected chi connectivity index (χ2v) is 6.26. The van der Waals surface area contributed by atoms with Gasteiger partial charge in [-0.1, -0.05) is 18.2 Å². The molecule has 0 unspecified atom stereocenters. The molecule has 3 rings (SSSR count). The molecule has 2 amide bonds. The minimum atomic E-state index is -0.984. The first-order chi connectivity index (χ1) is 12.6. The Bertz CT molecular complexity index is 798. The Morgan fingerprint density at radius 1 is 0.962 bits per heavy atom. The zero-order chi connectivity index (χ0) is 18.6. The maximum Gasteiger partial charge on any atom is 0.240 e.